The molecular weight excluding hydrogens is 198 g/mol. The molecule has 0 radical (unpaired) electrons. The molecule has 0 aliphatic rings. The van der Waals surface area contributed by atoms with Crippen molar-refractivity contribution in [1.29, 1.82) is 5.26 Å². The van der Waals surface area contributed by atoms with Gasteiger partial charge in [0.05, 0.1) is 12.7 Å². The van der Waals surface area contributed by atoms with Crippen LogP contribution in [0, 0.1) is 17.2 Å². The summed E-state index contributed by atoms with van der Waals surface area (Å²) >= 11 is 0. The van der Waals surface area contributed by atoms with Crippen LogP contribution >= 0.6 is 0 Å². The van der Waals surface area contributed by atoms with Crippen LogP contribution in [-0.4, -0.2) is 32.1 Å². The second-order valence-electron chi connectivity index (χ2n) is 2.64. The first-order valence-corrected chi connectivity index (χ1v) is 5.00. The van der Waals surface area contributed by atoms with Gasteiger partial charge in [-0.15, -0.1) is 0 Å². The Morgan fingerprint density at radius 1 is 1.20 bits per heavy atom. The average Bonchev–Trinajstić information content (AvgIpc) is 2.20. The summed E-state index contributed by atoms with van der Waals surface area (Å²) in [4.78, 5) is 11.4. The molecule has 0 aromatic heterocycles. The summed E-state index contributed by atoms with van der Waals surface area (Å²) in [6.45, 7) is 6.21. The monoisotopic (exact) mass is 215 g/mol. The van der Waals surface area contributed by atoms with Crippen molar-refractivity contribution < 1.29 is 19.0 Å². The van der Waals surface area contributed by atoms with Crippen LogP contribution in [0.2, 0.25) is 0 Å². The predicted molar refractivity (Wildman–Crippen MR) is 52.8 cm³/mol. The minimum absolute atomic E-state index is 0.238. The maximum Gasteiger partial charge on any atom is 0.328 e. The molecule has 0 saturated carbocycles. The van der Waals surface area contributed by atoms with Crippen LogP contribution in [-0.2, 0) is 19.0 Å². The van der Waals surface area contributed by atoms with E-state index in [9.17, 15) is 4.79 Å². The number of nitriles is 1. The Morgan fingerprint density at radius 2 is 1.73 bits per heavy atom. The molecule has 0 rings (SSSR count). The summed E-state index contributed by atoms with van der Waals surface area (Å²) in [6.07, 6.45) is -0.843. The van der Waals surface area contributed by atoms with Gasteiger partial charge >= 0.3 is 5.97 Å². The first-order chi connectivity index (χ1) is 7.21. The van der Waals surface area contributed by atoms with E-state index in [1.165, 1.54) is 0 Å². The first-order valence-electron chi connectivity index (χ1n) is 5.00. The topological polar surface area (TPSA) is 68.6 Å². The predicted octanol–water partition coefficient (Wildman–Crippen LogP) is 1.09. The molecule has 0 aliphatic heterocycles. The minimum Gasteiger partial charge on any atom is -0.465 e. The summed E-state index contributed by atoms with van der Waals surface area (Å²) in [5.74, 6) is -1.63. The van der Waals surface area contributed by atoms with Crippen molar-refractivity contribution in [3.63, 3.8) is 0 Å². The number of carbonyl (C=O) groups is 1. The smallest absolute Gasteiger partial charge is 0.328 e. The average molecular weight is 215 g/mol. The van der Waals surface area contributed by atoms with E-state index < -0.39 is 18.2 Å². The largest absolute Gasteiger partial charge is 0.465 e. The van der Waals surface area contributed by atoms with Crippen LogP contribution in [0.3, 0.4) is 0 Å². The highest BCUT2D eigenvalue weighted by Crippen LogP contribution is 2.11. The Bertz CT molecular complexity index is 218. The Balaban J connectivity index is 4.44. The van der Waals surface area contributed by atoms with Gasteiger partial charge in [0.25, 0.3) is 0 Å². The number of hydrogen-bond acceptors (Lipinski definition) is 5. The van der Waals surface area contributed by atoms with Crippen LogP contribution in [0.25, 0.3) is 0 Å². The van der Waals surface area contributed by atoms with Gasteiger partial charge in [0.1, 0.15) is 0 Å². The number of hydrogen-bond donors (Lipinski definition) is 0. The molecule has 0 saturated heterocycles. The van der Waals surface area contributed by atoms with Gasteiger partial charge in [0, 0.05) is 13.2 Å². The van der Waals surface area contributed by atoms with Crippen molar-refractivity contribution in [2.75, 3.05) is 19.8 Å². The molecule has 0 spiro atoms. The summed E-state index contributed by atoms with van der Waals surface area (Å²) in [5.41, 5.74) is 0. The van der Waals surface area contributed by atoms with Crippen LogP contribution < -0.4 is 0 Å². The molecule has 0 aromatic carbocycles. The van der Waals surface area contributed by atoms with Crippen molar-refractivity contribution in [2.45, 2.75) is 27.1 Å². The molecule has 0 N–H and O–H groups in total. The van der Waals surface area contributed by atoms with Gasteiger partial charge in [-0.25, -0.2) is 0 Å². The molecule has 86 valence electrons. The first kappa shape index (κ1) is 13.9. The summed E-state index contributed by atoms with van der Waals surface area (Å²) < 4.78 is 15.1. The summed E-state index contributed by atoms with van der Waals surface area (Å²) in [6, 6.07) is 1.83. The Labute approximate surface area is 89.9 Å². The molecule has 0 fully saturated rings. The van der Waals surface area contributed by atoms with Crippen LogP contribution in [0.4, 0.5) is 0 Å². The zero-order valence-corrected chi connectivity index (χ0v) is 9.36. The third-order valence-electron chi connectivity index (χ3n) is 1.61. The van der Waals surface area contributed by atoms with E-state index in [1.54, 1.807) is 20.8 Å². The molecule has 0 bridgehead atoms. The third kappa shape index (κ3) is 4.77. The van der Waals surface area contributed by atoms with Gasteiger partial charge in [-0.3, -0.25) is 4.79 Å². The lowest BCUT2D eigenvalue weighted by Gasteiger charge is -2.20. The fourth-order valence-electron chi connectivity index (χ4n) is 1.03. The summed E-state index contributed by atoms with van der Waals surface area (Å²) in [7, 11) is 0. The van der Waals surface area contributed by atoms with Crippen molar-refractivity contribution in [3.8, 4) is 6.07 Å². The van der Waals surface area contributed by atoms with E-state index in [-0.39, 0.29) is 6.61 Å². The van der Waals surface area contributed by atoms with E-state index in [0.29, 0.717) is 13.2 Å². The normalized spacial score (nSPS) is 12.2. The lowest BCUT2D eigenvalue weighted by Crippen LogP contribution is -2.33. The van der Waals surface area contributed by atoms with Crippen LogP contribution in [0.15, 0.2) is 0 Å². The number of rotatable bonds is 7. The molecule has 0 aliphatic carbocycles. The third-order valence-corrected chi connectivity index (χ3v) is 1.61. The molecule has 1 atom stereocenters. The maximum absolute atomic E-state index is 11.4. The number of nitrogens with zero attached hydrogens (tertiary/aromatic N) is 1. The van der Waals surface area contributed by atoms with Crippen molar-refractivity contribution >= 4 is 5.97 Å². The zero-order chi connectivity index (χ0) is 11.7. The fourth-order valence-corrected chi connectivity index (χ4v) is 1.03. The Morgan fingerprint density at radius 3 is 2.07 bits per heavy atom. The number of carbonyl (C=O) groups excluding carboxylic acids is 1. The van der Waals surface area contributed by atoms with Gasteiger partial charge in [-0.1, -0.05) is 0 Å². The van der Waals surface area contributed by atoms with E-state index in [2.05, 4.69) is 0 Å². The van der Waals surface area contributed by atoms with Gasteiger partial charge in [-0.2, -0.15) is 5.26 Å². The van der Waals surface area contributed by atoms with Crippen molar-refractivity contribution in [1.82, 2.24) is 0 Å². The quantitative estimate of drug-likeness (QED) is 0.469. The van der Waals surface area contributed by atoms with Crippen molar-refractivity contribution in [2.24, 2.45) is 5.92 Å². The molecule has 5 heteroatoms. The van der Waals surface area contributed by atoms with Gasteiger partial charge in [0.2, 0.25) is 0 Å². The molecule has 0 amide bonds. The Hall–Kier alpha value is -1.12. The molecule has 15 heavy (non-hydrogen) atoms. The minimum atomic E-state index is -1.02. The molecule has 0 heterocycles. The maximum atomic E-state index is 11.4. The highest BCUT2D eigenvalue weighted by atomic mass is 16.7. The lowest BCUT2D eigenvalue weighted by molar-refractivity contribution is -0.180. The summed E-state index contributed by atoms with van der Waals surface area (Å²) in [5, 5.41) is 8.84. The Kier molecular flexibility index (Phi) is 7.60. The number of ether oxygens (including phenoxy) is 3. The standard InChI is InChI=1S/C10H17NO4/c1-4-13-9(12)8(7-11)10(14-5-2)15-6-3/h8,10H,4-6H2,1-3H3. The lowest BCUT2D eigenvalue weighted by atomic mass is 10.1. The number of esters is 1. The van der Waals surface area contributed by atoms with Crippen LogP contribution in [0.5, 0.6) is 0 Å². The highest BCUT2D eigenvalue weighted by molar-refractivity contribution is 5.75. The molecular formula is C10H17NO4. The van der Waals surface area contributed by atoms with Gasteiger partial charge < -0.3 is 14.2 Å². The van der Waals surface area contributed by atoms with E-state index in [0.717, 1.165) is 0 Å². The van der Waals surface area contributed by atoms with E-state index >= 15 is 0 Å². The van der Waals surface area contributed by atoms with Crippen molar-refractivity contribution in [3.05, 3.63) is 0 Å². The second kappa shape index (κ2) is 8.21. The molecule has 5 nitrogen and oxygen atoms in total. The van der Waals surface area contributed by atoms with Crippen LogP contribution in [0.1, 0.15) is 20.8 Å². The fraction of sp³-hybridized carbons (Fsp3) is 0.800. The highest BCUT2D eigenvalue weighted by Gasteiger charge is 2.30. The van der Waals surface area contributed by atoms with Gasteiger partial charge in [0.15, 0.2) is 12.2 Å². The molecule has 0 aromatic rings. The van der Waals surface area contributed by atoms with E-state index in [4.69, 9.17) is 19.5 Å². The molecule has 1 unspecified atom stereocenters. The van der Waals surface area contributed by atoms with Gasteiger partial charge in [-0.05, 0) is 20.8 Å². The van der Waals surface area contributed by atoms with E-state index in [1.807, 2.05) is 6.07 Å². The zero-order valence-electron chi connectivity index (χ0n) is 9.36. The SMILES string of the molecule is CCOC(=O)C(C#N)C(OCC)OCC. The second-order valence-corrected chi connectivity index (χ2v) is 2.64.